The number of rotatable bonds is 3. The first-order chi connectivity index (χ1) is 8.15. The standard InChI is InChI=1S/C13H17FN2O/c1-9-2-4-10(5-3-9)7-16-13(17)12-6-11(14)8-15-12/h2-5,11-12,15H,6-8H2,1H3,(H,16,17)/t11-,12-/m1/s1. The van der Waals surface area contributed by atoms with Gasteiger partial charge in [0.05, 0.1) is 6.04 Å². The van der Waals surface area contributed by atoms with E-state index in [-0.39, 0.29) is 24.9 Å². The fourth-order valence-electron chi connectivity index (χ4n) is 1.91. The van der Waals surface area contributed by atoms with Crippen LogP contribution in [-0.2, 0) is 11.3 Å². The Morgan fingerprint density at radius 3 is 2.76 bits per heavy atom. The summed E-state index contributed by atoms with van der Waals surface area (Å²) in [7, 11) is 0. The third kappa shape index (κ3) is 3.27. The van der Waals surface area contributed by atoms with Gasteiger partial charge in [-0.05, 0) is 12.5 Å². The summed E-state index contributed by atoms with van der Waals surface area (Å²) in [6.45, 7) is 2.79. The molecule has 0 radical (unpaired) electrons. The lowest BCUT2D eigenvalue weighted by Gasteiger charge is -2.10. The smallest absolute Gasteiger partial charge is 0.237 e. The Hall–Kier alpha value is -1.42. The average Bonchev–Trinajstić information content (AvgIpc) is 2.75. The first-order valence-corrected chi connectivity index (χ1v) is 5.86. The highest BCUT2D eigenvalue weighted by atomic mass is 19.1. The number of nitrogens with one attached hydrogen (secondary N) is 2. The van der Waals surface area contributed by atoms with E-state index in [4.69, 9.17) is 0 Å². The fraction of sp³-hybridized carbons (Fsp3) is 0.462. The van der Waals surface area contributed by atoms with Gasteiger partial charge in [-0.15, -0.1) is 0 Å². The molecule has 0 aromatic heterocycles. The molecule has 4 heteroatoms. The van der Waals surface area contributed by atoms with E-state index in [1.165, 1.54) is 5.56 Å². The van der Waals surface area contributed by atoms with Crippen molar-refractivity contribution < 1.29 is 9.18 Å². The van der Waals surface area contributed by atoms with Crippen molar-refractivity contribution in [3.8, 4) is 0 Å². The van der Waals surface area contributed by atoms with Crippen LogP contribution >= 0.6 is 0 Å². The molecule has 0 saturated carbocycles. The highest BCUT2D eigenvalue weighted by Crippen LogP contribution is 2.10. The van der Waals surface area contributed by atoms with E-state index < -0.39 is 6.17 Å². The number of carbonyl (C=O) groups excluding carboxylic acids is 1. The van der Waals surface area contributed by atoms with Crippen molar-refractivity contribution in [1.82, 2.24) is 10.6 Å². The Kier molecular flexibility index (Phi) is 3.74. The maximum Gasteiger partial charge on any atom is 0.237 e. The molecule has 0 unspecified atom stereocenters. The zero-order valence-corrected chi connectivity index (χ0v) is 9.87. The number of alkyl halides is 1. The number of carbonyl (C=O) groups is 1. The van der Waals surface area contributed by atoms with Crippen LogP contribution in [0.1, 0.15) is 17.5 Å². The quantitative estimate of drug-likeness (QED) is 0.831. The SMILES string of the molecule is Cc1ccc(CNC(=O)[C@H]2C[C@@H](F)CN2)cc1. The molecule has 2 N–H and O–H groups in total. The van der Waals surface area contributed by atoms with E-state index in [9.17, 15) is 9.18 Å². The zero-order chi connectivity index (χ0) is 12.3. The van der Waals surface area contributed by atoms with Crippen LogP contribution in [0.15, 0.2) is 24.3 Å². The van der Waals surface area contributed by atoms with Crippen molar-refractivity contribution >= 4 is 5.91 Å². The molecule has 0 spiro atoms. The topological polar surface area (TPSA) is 41.1 Å². The molecule has 1 aromatic rings. The van der Waals surface area contributed by atoms with E-state index in [0.29, 0.717) is 6.54 Å². The van der Waals surface area contributed by atoms with Crippen molar-refractivity contribution in [3.05, 3.63) is 35.4 Å². The van der Waals surface area contributed by atoms with Gasteiger partial charge in [0, 0.05) is 19.5 Å². The lowest BCUT2D eigenvalue weighted by Crippen LogP contribution is -2.39. The molecule has 1 aliphatic rings. The highest BCUT2D eigenvalue weighted by Gasteiger charge is 2.28. The predicted molar refractivity (Wildman–Crippen MR) is 64.3 cm³/mol. The summed E-state index contributed by atoms with van der Waals surface area (Å²) in [5.74, 6) is -0.120. The monoisotopic (exact) mass is 236 g/mol. The van der Waals surface area contributed by atoms with E-state index in [1.807, 2.05) is 31.2 Å². The van der Waals surface area contributed by atoms with Crippen molar-refractivity contribution in [2.45, 2.75) is 32.1 Å². The van der Waals surface area contributed by atoms with Gasteiger partial charge in [-0.3, -0.25) is 4.79 Å². The molecule has 1 fully saturated rings. The molecule has 3 nitrogen and oxygen atoms in total. The van der Waals surface area contributed by atoms with Gasteiger partial charge in [-0.25, -0.2) is 4.39 Å². The summed E-state index contributed by atoms with van der Waals surface area (Å²) in [4.78, 5) is 11.7. The van der Waals surface area contributed by atoms with Crippen LogP contribution in [0, 0.1) is 6.92 Å². The van der Waals surface area contributed by atoms with Crippen LogP contribution < -0.4 is 10.6 Å². The maximum atomic E-state index is 12.9. The molecule has 1 amide bonds. The molecule has 2 atom stereocenters. The minimum Gasteiger partial charge on any atom is -0.351 e. The van der Waals surface area contributed by atoms with Crippen molar-refractivity contribution in [2.75, 3.05) is 6.54 Å². The highest BCUT2D eigenvalue weighted by molar-refractivity contribution is 5.82. The van der Waals surface area contributed by atoms with E-state index in [2.05, 4.69) is 10.6 Å². The molecular formula is C13H17FN2O. The third-order valence-corrected chi connectivity index (χ3v) is 2.98. The number of hydrogen-bond acceptors (Lipinski definition) is 2. The number of aryl methyl sites for hydroxylation is 1. The average molecular weight is 236 g/mol. The molecule has 92 valence electrons. The van der Waals surface area contributed by atoms with E-state index in [0.717, 1.165) is 5.56 Å². The molecule has 1 heterocycles. The van der Waals surface area contributed by atoms with Crippen LogP contribution in [-0.4, -0.2) is 24.7 Å². The second kappa shape index (κ2) is 5.27. The molecule has 2 rings (SSSR count). The zero-order valence-electron chi connectivity index (χ0n) is 9.87. The van der Waals surface area contributed by atoms with Gasteiger partial charge in [-0.1, -0.05) is 29.8 Å². The van der Waals surface area contributed by atoms with Gasteiger partial charge in [-0.2, -0.15) is 0 Å². The van der Waals surface area contributed by atoms with Crippen molar-refractivity contribution in [3.63, 3.8) is 0 Å². The Balaban J connectivity index is 1.82. The van der Waals surface area contributed by atoms with Crippen molar-refractivity contribution in [2.24, 2.45) is 0 Å². The molecule has 1 aliphatic heterocycles. The lowest BCUT2D eigenvalue weighted by molar-refractivity contribution is -0.123. The number of benzene rings is 1. The Morgan fingerprint density at radius 1 is 1.47 bits per heavy atom. The van der Waals surface area contributed by atoms with Gasteiger partial charge in [0.25, 0.3) is 0 Å². The summed E-state index contributed by atoms with van der Waals surface area (Å²) in [6.07, 6.45) is -0.621. The van der Waals surface area contributed by atoms with Crippen molar-refractivity contribution in [1.29, 1.82) is 0 Å². The Bertz CT molecular complexity index is 391. The van der Waals surface area contributed by atoms with Gasteiger partial charge in [0.1, 0.15) is 6.17 Å². The molecule has 1 aromatic carbocycles. The summed E-state index contributed by atoms with van der Waals surface area (Å²) >= 11 is 0. The molecule has 1 saturated heterocycles. The largest absolute Gasteiger partial charge is 0.351 e. The Labute approximate surface area is 100 Å². The minimum absolute atomic E-state index is 0.120. The normalized spacial score (nSPS) is 23.6. The number of halogens is 1. The second-order valence-electron chi connectivity index (χ2n) is 4.50. The van der Waals surface area contributed by atoms with E-state index in [1.54, 1.807) is 0 Å². The fourth-order valence-corrected chi connectivity index (χ4v) is 1.91. The number of amides is 1. The third-order valence-electron chi connectivity index (χ3n) is 2.98. The van der Waals surface area contributed by atoms with Crippen LogP contribution in [0.25, 0.3) is 0 Å². The van der Waals surface area contributed by atoms with Crippen LogP contribution in [0.2, 0.25) is 0 Å². The number of hydrogen-bond donors (Lipinski definition) is 2. The lowest BCUT2D eigenvalue weighted by atomic mass is 10.1. The molecule has 0 bridgehead atoms. The van der Waals surface area contributed by atoms with Gasteiger partial charge in [0.15, 0.2) is 0 Å². The minimum atomic E-state index is -0.898. The maximum absolute atomic E-state index is 12.9. The van der Waals surface area contributed by atoms with Gasteiger partial charge < -0.3 is 10.6 Å². The summed E-state index contributed by atoms with van der Waals surface area (Å²) in [5.41, 5.74) is 2.25. The summed E-state index contributed by atoms with van der Waals surface area (Å²) < 4.78 is 12.9. The van der Waals surface area contributed by atoms with Crippen LogP contribution in [0.4, 0.5) is 4.39 Å². The molecule has 0 aliphatic carbocycles. The first kappa shape index (κ1) is 12.0. The van der Waals surface area contributed by atoms with Crippen LogP contribution in [0.5, 0.6) is 0 Å². The molecular weight excluding hydrogens is 219 g/mol. The van der Waals surface area contributed by atoms with Gasteiger partial charge >= 0.3 is 0 Å². The first-order valence-electron chi connectivity index (χ1n) is 5.86. The molecule has 17 heavy (non-hydrogen) atoms. The second-order valence-corrected chi connectivity index (χ2v) is 4.50. The van der Waals surface area contributed by atoms with Gasteiger partial charge in [0.2, 0.25) is 5.91 Å². The van der Waals surface area contributed by atoms with Crippen LogP contribution in [0.3, 0.4) is 0 Å². The summed E-state index contributed by atoms with van der Waals surface area (Å²) in [6, 6.07) is 7.60. The Morgan fingerprint density at radius 2 is 2.18 bits per heavy atom. The van der Waals surface area contributed by atoms with E-state index >= 15 is 0 Å². The summed E-state index contributed by atoms with van der Waals surface area (Å²) in [5, 5.41) is 5.68. The predicted octanol–water partition coefficient (Wildman–Crippen LogP) is 1.31.